The van der Waals surface area contributed by atoms with Crippen LogP contribution in [-0.2, 0) is 0 Å². The van der Waals surface area contributed by atoms with Gasteiger partial charge in [-0.2, -0.15) is 0 Å². The van der Waals surface area contributed by atoms with E-state index >= 15 is 0 Å². The lowest BCUT2D eigenvalue weighted by atomic mass is 9.98. The second kappa shape index (κ2) is 6.57. The third kappa shape index (κ3) is 3.19. The van der Waals surface area contributed by atoms with E-state index in [1.165, 1.54) is 12.8 Å². The highest BCUT2D eigenvalue weighted by atomic mass is 16.5. The molecule has 2 amide bonds. The summed E-state index contributed by atoms with van der Waals surface area (Å²) in [5.41, 5.74) is 0.720. The zero-order valence-corrected chi connectivity index (χ0v) is 13.3. The molecule has 0 spiro atoms. The topological polar surface area (TPSA) is 53.6 Å². The van der Waals surface area contributed by atoms with Crippen LogP contribution in [0.15, 0.2) is 24.3 Å². The molecule has 5 heteroatoms. The molecule has 2 aliphatic heterocycles. The lowest BCUT2D eigenvalue weighted by Crippen LogP contribution is -2.49. The highest BCUT2D eigenvalue weighted by molar-refractivity contribution is 5.91. The lowest BCUT2D eigenvalue weighted by molar-refractivity contribution is 0.151. The fourth-order valence-electron chi connectivity index (χ4n) is 3.72. The number of carbonyl (C=O) groups is 1. The molecule has 2 heterocycles. The molecule has 0 radical (unpaired) electrons. The van der Waals surface area contributed by atoms with Gasteiger partial charge in [0.05, 0.1) is 12.3 Å². The summed E-state index contributed by atoms with van der Waals surface area (Å²) in [5.74, 6) is 0.712. The van der Waals surface area contributed by atoms with Crippen molar-refractivity contribution in [3.05, 3.63) is 24.3 Å². The van der Waals surface area contributed by atoms with Gasteiger partial charge in [0.2, 0.25) is 0 Å². The van der Waals surface area contributed by atoms with E-state index in [0.717, 1.165) is 18.5 Å². The average molecular weight is 303 g/mol. The molecule has 0 aliphatic carbocycles. The van der Waals surface area contributed by atoms with Gasteiger partial charge >= 0.3 is 6.03 Å². The minimum Gasteiger partial charge on any atom is -0.492 e. The normalized spacial score (nSPS) is 27.5. The Morgan fingerprint density at radius 2 is 1.95 bits per heavy atom. The molecule has 120 valence electrons. The van der Waals surface area contributed by atoms with Crippen molar-refractivity contribution in [3.63, 3.8) is 0 Å². The van der Waals surface area contributed by atoms with E-state index in [1.807, 2.05) is 31.2 Å². The molecule has 0 saturated carbocycles. The summed E-state index contributed by atoms with van der Waals surface area (Å²) < 4.78 is 5.54. The monoisotopic (exact) mass is 303 g/mol. The van der Waals surface area contributed by atoms with Gasteiger partial charge in [-0.25, -0.2) is 4.79 Å². The molecule has 2 N–H and O–H groups in total. The Balaban J connectivity index is 1.57. The molecule has 1 aromatic rings. The van der Waals surface area contributed by atoms with Crippen LogP contribution in [0.25, 0.3) is 0 Å². The number of nitrogens with one attached hydrogen (secondary N) is 2. The van der Waals surface area contributed by atoms with Crippen LogP contribution >= 0.6 is 0 Å². The van der Waals surface area contributed by atoms with Crippen LogP contribution in [0.5, 0.6) is 5.75 Å². The Morgan fingerprint density at radius 1 is 1.27 bits per heavy atom. The van der Waals surface area contributed by atoms with Crippen LogP contribution in [0.3, 0.4) is 0 Å². The minimum atomic E-state index is -0.138. The summed E-state index contributed by atoms with van der Waals surface area (Å²) >= 11 is 0. The van der Waals surface area contributed by atoms with Crippen molar-refractivity contribution < 1.29 is 9.53 Å². The maximum absolute atomic E-state index is 12.3. The van der Waals surface area contributed by atoms with Crippen LogP contribution in [0, 0.1) is 0 Å². The summed E-state index contributed by atoms with van der Waals surface area (Å²) in [6, 6.07) is 8.92. The lowest BCUT2D eigenvalue weighted by Gasteiger charge is -2.36. The standard InChI is InChI=1S/C17H25N3O2/c1-3-22-16-7-5-4-6-15(16)19-17(21)18-12-10-13-8-9-14(11-12)20(13)2/h4-7,12-14H,3,8-11H2,1-2H3,(H2,18,19,21)/t12?,13-,14+. The number of hydrogen-bond acceptors (Lipinski definition) is 3. The quantitative estimate of drug-likeness (QED) is 0.899. The van der Waals surface area contributed by atoms with Crippen LogP contribution in [0.1, 0.15) is 32.6 Å². The average Bonchev–Trinajstić information content (AvgIpc) is 2.72. The SMILES string of the molecule is CCOc1ccccc1NC(=O)NC1C[C@H]2CC[C@@H](C1)N2C. The molecule has 1 aromatic carbocycles. The molecule has 1 unspecified atom stereocenters. The van der Waals surface area contributed by atoms with Gasteiger partial charge in [0.15, 0.2) is 0 Å². The van der Waals surface area contributed by atoms with E-state index < -0.39 is 0 Å². The van der Waals surface area contributed by atoms with Gasteiger partial charge in [-0.15, -0.1) is 0 Å². The number of hydrogen-bond donors (Lipinski definition) is 2. The number of amides is 2. The number of ether oxygens (including phenoxy) is 1. The van der Waals surface area contributed by atoms with Gasteiger partial charge in [-0.05, 0) is 51.8 Å². The van der Waals surface area contributed by atoms with E-state index in [2.05, 4.69) is 22.6 Å². The maximum Gasteiger partial charge on any atom is 0.319 e. The van der Waals surface area contributed by atoms with Gasteiger partial charge in [-0.1, -0.05) is 12.1 Å². The number of piperidine rings is 1. The van der Waals surface area contributed by atoms with Gasteiger partial charge < -0.3 is 20.3 Å². The summed E-state index contributed by atoms with van der Waals surface area (Å²) in [7, 11) is 2.21. The third-order valence-electron chi connectivity index (χ3n) is 4.87. The van der Waals surface area contributed by atoms with Crippen molar-refractivity contribution in [2.45, 2.75) is 50.7 Å². The summed E-state index contributed by atoms with van der Waals surface area (Å²) in [5, 5.41) is 6.04. The smallest absolute Gasteiger partial charge is 0.319 e. The van der Waals surface area contributed by atoms with E-state index in [9.17, 15) is 4.79 Å². The van der Waals surface area contributed by atoms with Crippen molar-refractivity contribution in [3.8, 4) is 5.75 Å². The zero-order valence-electron chi connectivity index (χ0n) is 13.3. The predicted octanol–water partition coefficient (Wildman–Crippen LogP) is 2.83. The first-order valence-corrected chi connectivity index (χ1v) is 8.18. The first-order chi connectivity index (χ1) is 10.7. The molecule has 2 saturated heterocycles. The Kier molecular flexibility index (Phi) is 4.52. The summed E-state index contributed by atoms with van der Waals surface area (Å²) in [6.45, 7) is 2.52. The predicted molar refractivity (Wildman–Crippen MR) is 87.4 cm³/mol. The van der Waals surface area contributed by atoms with Crippen molar-refractivity contribution in [2.24, 2.45) is 0 Å². The number of anilines is 1. The number of para-hydroxylation sites is 2. The Hall–Kier alpha value is -1.75. The third-order valence-corrected chi connectivity index (χ3v) is 4.87. The van der Waals surface area contributed by atoms with Gasteiger partial charge in [0, 0.05) is 18.1 Å². The molecule has 0 aromatic heterocycles. The number of rotatable bonds is 4. The first kappa shape index (κ1) is 15.2. The molecular formula is C17H25N3O2. The van der Waals surface area contributed by atoms with Crippen LogP contribution < -0.4 is 15.4 Å². The number of urea groups is 1. The second-order valence-electron chi connectivity index (χ2n) is 6.25. The van der Waals surface area contributed by atoms with E-state index in [1.54, 1.807) is 0 Å². The molecule has 3 atom stereocenters. The van der Waals surface area contributed by atoms with Crippen LogP contribution in [-0.4, -0.2) is 42.7 Å². The minimum absolute atomic E-state index is 0.138. The molecule has 2 aliphatic rings. The largest absolute Gasteiger partial charge is 0.492 e. The van der Waals surface area contributed by atoms with Gasteiger partial charge in [0.1, 0.15) is 5.75 Å². The maximum atomic E-state index is 12.3. The fraction of sp³-hybridized carbons (Fsp3) is 0.588. The summed E-state index contributed by atoms with van der Waals surface area (Å²) in [6.07, 6.45) is 4.61. The summed E-state index contributed by atoms with van der Waals surface area (Å²) in [4.78, 5) is 14.7. The number of fused-ring (bicyclic) bond motifs is 2. The number of carbonyl (C=O) groups excluding carboxylic acids is 1. The Bertz CT molecular complexity index is 520. The highest BCUT2D eigenvalue weighted by Gasteiger charge is 2.38. The van der Waals surface area contributed by atoms with E-state index in [0.29, 0.717) is 24.4 Å². The molecule has 2 bridgehead atoms. The molecule has 5 nitrogen and oxygen atoms in total. The van der Waals surface area contributed by atoms with Gasteiger partial charge in [-0.3, -0.25) is 0 Å². The Labute approximate surface area is 132 Å². The zero-order chi connectivity index (χ0) is 15.5. The fourth-order valence-corrected chi connectivity index (χ4v) is 3.72. The molecule has 2 fully saturated rings. The van der Waals surface area contributed by atoms with E-state index in [4.69, 9.17) is 4.74 Å². The van der Waals surface area contributed by atoms with Crippen molar-refractivity contribution in [1.82, 2.24) is 10.2 Å². The number of benzene rings is 1. The highest BCUT2D eigenvalue weighted by Crippen LogP contribution is 2.34. The van der Waals surface area contributed by atoms with E-state index in [-0.39, 0.29) is 12.1 Å². The molecule has 22 heavy (non-hydrogen) atoms. The molecule has 3 rings (SSSR count). The van der Waals surface area contributed by atoms with Crippen molar-refractivity contribution in [2.75, 3.05) is 19.0 Å². The van der Waals surface area contributed by atoms with Crippen LogP contribution in [0.4, 0.5) is 10.5 Å². The van der Waals surface area contributed by atoms with Gasteiger partial charge in [0.25, 0.3) is 0 Å². The van der Waals surface area contributed by atoms with Crippen molar-refractivity contribution in [1.29, 1.82) is 0 Å². The number of nitrogens with zero attached hydrogens (tertiary/aromatic N) is 1. The molecular weight excluding hydrogens is 278 g/mol. The first-order valence-electron chi connectivity index (χ1n) is 8.18. The van der Waals surface area contributed by atoms with Crippen molar-refractivity contribution >= 4 is 11.7 Å². The van der Waals surface area contributed by atoms with Crippen LogP contribution in [0.2, 0.25) is 0 Å². The Morgan fingerprint density at radius 3 is 2.64 bits per heavy atom. The second-order valence-corrected chi connectivity index (χ2v) is 6.25.